The fourth-order valence-electron chi connectivity index (χ4n) is 3.30. The number of ether oxygens (including phenoxy) is 3. The number of esters is 2. The van der Waals surface area contributed by atoms with Gasteiger partial charge in [0, 0.05) is 0 Å². The van der Waals surface area contributed by atoms with E-state index in [1.54, 1.807) is 0 Å². The first-order valence-electron chi connectivity index (χ1n) is 5.74. The van der Waals surface area contributed by atoms with Crippen molar-refractivity contribution in [3.63, 3.8) is 0 Å². The van der Waals surface area contributed by atoms with Crippen LogP contribution in [0.5, 0.6) is 0 Å². The Morgan fingerprint density at radius 3 is 1.65 bits per heavy atom. The molecule has 0 aromatic rings. The molecule has 17 heavy (non-hydrogen) atoms. The van der Waals surface area contributed by atoms with E-state index in [1.807, 2.05) is 13.8 Å². The van der Waals surface area contributed by atoms with Gasteiger partial charge in [-0.1, -0.05) is 0 Å². The summed E-state index contributed by atoms with van der Waals surface area (Å²) in [7, 11) is 2.66. The normalized spacial score (nSPS) is 43.5. The number of hydrogen-bond donors (Lipinski definition) is 0. The zero-order valence-corrected chi connectivity index (χ0v) is 10.6. The molecule has 0 aromatic carbocycles. The van der Waals surface area contributed by atoms with Crippen molar-refractivity contribution in [3.05, 3.63) is 0 Å². The summed E-state index contributed by atoms with van der Waals surface area (Å²) in [4.78, 5) is 23.7. The maximum absolute atomic E-state index is 11.9. The molecule has 4 unspecified atom stereocenters. The topological polar surface area (TPSA) is 61.8 Å². The van der Waals surface area contributed by atoms with Crippen LogP contribution in [0.3, 0.4) is 0 Å². The first-order valence-corrected chi connectivity index (χ1v) is 5.74. The van der Waals surface area contributed by atoms with Crippen LogP contribution < -0.4 is 0 Å². The Kier molecular flexibility index (Phi) is 2.69. The highest BCUT2D eigenvalue weighted by Gasteiger charge is 2.68. The van der Waals surface area contributed by atoms with Gasteiger partial charge in [-0.2, -0.15) is 0 Å². The minimum Gasteiger partial charge on any atom is -0.469 e. The number of methoxy groups -OCH3 is 2. The second-order valence-electron chi connectivity index (χ2n) is 5.23. The molecule has 5 heteroatoms. The molecule has 0 saturated carbocycles. The predicted molar refractivity (Wildman–Crippen MR) is 58.1 cm³/mol. The average molecular weight is 242 g/mol. The van der Waals surface area contributed by atoms with Crippen molar-refractivity contribution in [2.24, 2.45) is 11.8 Å². The van der Waals surface area contributed by atoms with E-state index < -0.39 is 35.0 Å². The zero-order valence-electron chi connectivity index (χ0n) is 10.6. The first-order chi connectivity index (χ1) is 7.88. The Bertz CT molecular complexity index is 332. The van der Waals surface area contributed by atoms with Crippen LogP contribution in [0, 0.1) is 11.8 Å². The highest BCUT2D eigenvalue weighted by Crippen LogP contribution is 2.57. The number of hydrogen-bond acceptors (Lipinski definition) is 5. The quantitative estimate of drug-likeness (QED) is 0.673. The molecule has 2 aliphatic rings. The van der Waals surface area contributed by atoms with Gasteiger partial charge in [0.2, 0.25) is 0 Å². The monoisotopic (exact) mass is 242 g/mol. The summed E-state index contributed by atoms with van der Waals surface area (Å²) in [5, 5.41) is 0. The van der Waals surface area contributed by atoms with Crippen LogP contribution >= 0.6 is 0 Å². The second kappa shape index (κ2) is 3.70. The third-order valence-electron chi connectivity index (χ3n) is 4.14. The molecule has 96 valence electrons. The van der Waals surface area contributed by atoms with Crippen LogP contribution in [0.15, 0.2) is 0 Å². The fourth-order valence-corrected chi connectivity index (χ4v) is 3.30. The molecule has 2 rings (SSSR count). The lowest BCUT2D eigenvalue weighted by molar-refractivity contribution is -0.160. The summed E-state index contributed by atoms with van der Waals surface area (Å²) < 4.78 is 15.5. The Morgan fingerprint density at radius 2 is 1.35 bits per heavy atom. The van der Waals surface area contributed by atoms with Crippen molar-refractivity contribution in [3.8, 4) is 0 Å². The van der Waals surface area contributed by atoms with Crippen molar-refractivity contribution >= 4 is 11.9 Å². The fraction of sp³-hybridized carbons (Fsp3) is 0.833. The van der Waals surface area contributed by atoms with E-state index in [4.69, 9.17) is 14.2 Å². The molecule has 2 saturated heterocycles. The maximum Gasteiger partial charge on any atom is 0.312 e. The predicted octanol–water partition coefficient (Wildman–Crippen LogP) is 0.906. The zero-order chi connectivity index (χ0) is 12.8. The summed E-state index contributed by atoms with van der Waals surface area (Å²) >= 11 is 0. The molecule has 0 radical (unpaired) electrons. The first kappa shape index (κ1) is 12.4. The van der Waals surface area contributed by atoms with Crippen LogP contribution in [-0.4, -0.2) is 37.4 Å². The Balaban J connectivity index is 2.40. The molecular weight excluding hydrogens is 224 g/mol. The number of carbonyl (C=O) groups is 2. The standard InChI is InChI=1S/C12H18O5/c1-11-5-6-12(2,17-11)8(10(14)16-4)7(11)9(13)15-3/h7-8H,5-6H2,1-4H3. The SMILES string of the molecule is COC(=O)C1C(C(=O)OC)C2(C)CCC1(C)O2. The van der Waals surface area contributed by atoms with Gasteiger partial charge in [-0.05, 0) is 26.7 Å². The number of fused-ring (bicyclic) bond motifs is 2. The molecule has 5 nitrogen and oxygen atoms in total. The van der Waals surface area contributed by atoms with Gasteiger partial charge in [0.1, 0.15) is 11.8 Å². The van der Waals surface area contributed by atoms with Gasteiger partial charge in [0.25, 0.3) is 0 Å². The van der Waals surface area contributed by atoms with E-state index in [0.29, 0.717) is 0 Å². The van der Waals surface area contributed by atoms with Gasteiger partial charge >= 0.3 is 11.9 Å². The van der Waals surface area contributed by atoms with Gasteiger partial charge in [-0.15, -0.1) is 0 Å². The number of carbonyl (C=O) groups excluding carboxylic acids is 2. The van der Waals surface area contributed by atoms with E-state index in [1.165, 1.54) is 14.2 Å². The van der Waals surface area contributed by atoms with E-state index in [9.17, 15) is 9.59 Å². The molecule has 0 spiro atoms. The van der Waals surface area contributed by atoms with Crippen LogP contribution in [0.1, 0.15) is 26.7 Å². The van der Waals surface area contributed by atoms with Crippen molar-refractivity contribution in [2.75, 3.05) is 14.2 Å². The molecule has 0 amide bonds. The van der Waals surface area contributed by atoms with Gasteiger partial charge in [-0.25, -0.2) is 0 Å². The summed E-state index contributed by atoms with van der Waals surface area (Å²) in [6, 6.07) is 0. The lowest BCUT2D eigenvalue weighted by Gasteiger charge is -2.32. The van der Waals surface area contributed by atoms with Gasteiger partial charge in [0.15, 0.2) is 0 Å². The van der Waals surface area contributed by atoms with Gasteiger partial charge in [-0.3, -0.25) is 9.59 Å². The Labute approximate surface area is 100 Å². The molecule has 4 atom stereocenters. The van der Waals surface area contributed by atoms with Crippen LogP contribution in [0.25, 0.3) is 0 Å². The molecular formula is C12H18O5. The Morgan fingerprint density at radius 1 is 1.00 bits per heavy atom. The minimum absolute atomic E-state index is 0.397. The third kappa shape index (κ3) is 1.56. The molecule has 0 aliphatic carbocycles. The summed E-state index contributed by atoms with van der Waals surface area (Å²) in [6.45, 7) is 3.73. The van der Waals surface area contributed by atoms with Gasteiger partial charge in [0.05, 0.1) is 25.4 Å². The van der Waals surface area contributed by atoms with E-state index in [0.717, 1.165) is 12.8 Å². The molecule has 0 aromatic heterocycles. The van der Waals surface area contributed by atoms with Crippen LogP contribution in [0.2, 0.25) is 0 Å². The van der Waals surface area contributed by atoms with Crippen molar-refractivity contribution in [2.45, 2.75) is 37.9 Å². The average Bonchev–Trinajstić information content (AvgIpc) is 2.72. The lowest BCUT2D eigenvalue weighted by Crippen LogP contribution is -2.47. The highest BCUT2D eigenvalue weighted by atomic mass is 16.6. The van der Waals surface area contributed by atoms with E-state index >= 15 is 0 Å². The van der Waals surface area contributed by atoms with Crippen molar-refractivity contribution in [1.82, 2.24) is 0 Å². The minimum atomic E-state index is -0.610. The molecule has 0 N–H and O–H groups in total. The van der Waals surface area contributed by atoms with Crippen molar-refractivity contribution in [1.29, 1.82) is 0 Å². The van der Waals surface area contributed by atoms with Crippen molar-refractivity contribution < 1.29 is 23.8 Å². The largest absolute Gasteiger partial charge is 0.469 e. The Hall–Kier alpha value is -1.10. The van der Waals surface area contributed by atoms with Gasteiger partial charge < -0.3 is 14.2 Å². The summed E-state index contributed by atoms with van der Waals surface area (Å²) in [5.74, 6) is -1.94. The van der Waals surface area contributed by atoms with Crippen LogP contribution in [-0.2, 0) is 23.8 Å². The van der Waals surface area contributed by atoms with E-state index in [2.05, 4.69) is 0 Å². The second-order valence-corrected chi connectivity index (χ2v) is 5.23. The lowest BCUT2D eigenvalue weighted by atomic mass is 9.67. The molecule has 2 fully saturated rings. The van der Waals surface area contributed by atoms with E-state index in [-0.39, 0.29) is 0 Å². The summed E-state index contributed by atoms with van der Waals surface area (Å²) in [6.07, 6.45) is 1.52. The smallest absolute Gasteiger partial charge is 0.312 e. The number of rotatable bonds is 2. The summed E-state index contributed by atoms with van der Waals surface area (Å²) in [5.41, 5.74) is -1.22. The maximum atomic E-state index is 11.9. The third-order valence-corrected chi connectivity index (χ3v) is 4.14. The molecule has 2 bridgehead atoms. The van der Waals surface area contributed by atoms with Crippen LogP contribution in [0.4, 0.5) is 0 Å². The molecule has 2 aliphatic heterocycles. The highest BCUT2D eigenvalue weighted by molar-refractivity contribution is 5.85. The molecule has 2 heterocycles.